The van der Waals surface area contributed by atoms with Gasteiger partial charge in [-0.3, -0.25) is 9.48 Å². The molecule has 0 spiro atoms. The van der Waals surface area contributed by atoms with E-state index >= 15 is 4.39 Å². The van der Waals surface area contributed by atoms with E-state index in [1.54, 1.807) is 18.0 Å². The number of carbonyl (C=O) groups excluding carboxylic acids is 2. The van der Waals surface area contributed by atoms with Crippen LogP contribution in [0, 0.1) is 17.7 Å². The second-order valence-electron chi connectivity index (χ2n) is 13.5. The lowest BCUT2D eigenvalue weighted by atomic mass is 9.91. The summed E-state index contributed by atoms with van der Waals surface area (Å²) in [5, 5.41) is 17.8. The number of hydrogen-bond acceptors (Lipinski definition) is 10. The van der Waals surface area contributed by atoms with Crippen LogP contribution in [0.2, 0.25) is 0 Å². The maximum Gasteiger partial charge on any atom is 0.410 e. The van der Waals surface area contributed by atoms with Gasteiger partial charge < -0.3 is 29.7 Å². The third kappa shape index (κ3) is 9.50. The number of hydrogen-bond donors (Lipinski definition) is 2. The molecule has 5 atom stereocenters. The van der Waals surface area contributed by atoms with E-state index in [1.165, 1.54) is 33.5 Å². The third-order valence-corrected chi connectivity index (χ3v) is 11.4. The molecule has 2 N–H and O–H groups in total. The van der Waals surface area contributed by atoms with E-state index in [2.05, 4.69) is 10.4 Å². The molecular weight excluding hydrogens is 667 g/mol. The molecule has 15 heteroatoms. The van der Waals surface area contributed by atoms with Crippen LogP contribution in [0.1, 0.15) is 45.6 Å². The van der Waals surface area contributed by atoms with Crippen molar-refractivity contribution in [3.05, 3.63) is 59.7 Å². The number of sulfonamides is 1. The Balaban J connectivity index is 1.33. The standard InChI is InChI=1S/C35H49FN6O7S/c1-24-5-7-30(43)21-33(44)49-34(25(2)6-8-32(24)48-35(45)41-11-9-37-10-12-41)26(3)17-27-18-28(36)20-29(19-27)40-13-15-42(16-14-40)50(46,47)31-22-38-39(4)23-31/h6,8,17-20,22-25,30,32,34,37,43H,5,7,9-16,21H2,1-4H3/b8-6+,26-17+/t24-,25-,30?,32-,34-/m0/s1. The molecule has 2 fully saturated rings. The molecule has 2 saturated heterocycles. The number of nitrogens with zero attached hydrogens (tertiary/aromatic N) is 5. The quantitative estimate of drug-likeness (QED) is 0.338. The SMILES string of the molecule is C/C(=C\c1cc(F)cc(N2CCN(S(=O)(=O)c3cnn(C)c3)CC2)c1)[C@H]1OC(=O)CC(O)CC[C@H](C)[C@@H](OC(=O)N2CCNCC2)/C=C/[C@@H]1C. The number of anilines is 1. The van der Waals surface area contributed by atoms with Crippen LogP contribution in [0.15, 0.2) is 53.2 Å². The first-order valence-electron chi connectivity index (χ1n) is 17.2. The number of aromatic nitrogens is 2. The molecule has 1 aromatic carbocycles. The molecule has 5 rings (SSSR count). The zero-order valence-corrected chi connectivity index (χ0v) is 30.0. The average molecular weight is 717 g/mol. The highest BCUT2D eigenvalue weighted by molar-refractivity contribution is 7.89. The summed E-state index contributed by atoms with van der Waals surface area (Å²) in [5.74, 6) is -1.44. The zero-order chi connectivity index (χ0) is 36.0. The zero-order valence-electron chi connectivity index (χ0n) is 29.2. The molecule has 0 aliphatic carbocycles. The highest BCUT2D eigenvalue weighted by atomic mass is 32.2. The molecule has 3 aliphatic rings. The normalized spacial score (nSPS) is 27.2. The minimum Gasteiger partial charge on any atom is -0.457 e. The van der Waals surface area contributed by atoms with E-state index in [1.807, 2.05) is 43.9 Å². The van der Waals surface area contributed by atoms with Gasteiger partial charge in [-0.05, 0) is 61.1 Å². The number of ether oxygens (including phenoxy) is 2. The average Bonchev–Trinajstić information content (AvgIpc) is 3.54. The lowest BCUT2D eigenvalue weighted by molar-refractivity contribution is -0.151. The molecule has 274 valence electrons. The van der Waals surface area contributed by atoms with Crippen LogP contribution < -0.4 is 10.2 Å². The summed E-state index contributed by atoms with van der Waals surface area (Å²) in [6.45, 7) is 9.40. The molecule has 13 nitrogen and oxygen atoms in total. The van der Waals surface area contributed by atoms with Crippen molar-refractivity contribution in [1.82, 2.24) is 24.3 Å². The molecule has 3 aliphatic heterocycles. The number of carbonyl (C=O) groups is 2. The van der Waals surface area contributed by atoms with E-state index in [-0.39, 0.29) is 42.3 Å². The number of aryl methyl sites for hydroxylation is 1. The first-order valence-corrected chi connectivity index (χ1v) is 18.7. The number of aliphatic hydroxyl groups excluding tert-OH is 1. The molecule has 0 saturated carbocycles. The minimum absolute atomic E-state index is 0.103. The van der Waals surface area contributed by atoms with E-state index in [0.29, 0.717) is 68.9 Å². The van der Waals surface area contributed by atoms with E-state index in [9.17, 15) is 23.1 Å². The topological polar surface area (TPSA) is 147 Å². The van der Waals surface area contributed by atoms with Crippen molar-refractivity contribution >= 4 is 33.8 Å². The predicted molar refractivity (Wildman–Crippen MR) is 186 cm³/mol. The van der Waals surface area contributed by atoms with Gasteiger partial charge in [0.25, 0.3) is 0 Å². The molecule has 50 heavy (non-hydrogen) atoms. The fourth-order valence-corrected chi connectivity index (χ4v) is 7.97. The number of amides is 1. The monoisotopic (exact) mass is 716 g/mol. The Hall–Kier alpha value is -3.79. The van der Waals surface area contributed by atoms with Gasteiger partial charge in [-0.2, -0.15) is 9.40 Å². The largest absolute Gasteiger partial charge is 0.457 e. The Morgan fingerprint density at radius 3 is 2.48 bits per heavy atom. The van der Waals surface area contributed by atoms with Crippen molar-refractivity contribution in [3.63, 3.8) is 0 Å². The second kappa shape index (κ2) is 16.5. The van der Waals surface area contributed by atoms with Crippen LogP contribution in [0.3, 0.4) is 0 Å². The summed E-state index contributed by atoms with van der Waals surface area (Å²) in [6, 6.07) is 4.64. The van der Waals surface area contributed by atoms with Gasteiger partial charge in [0.15, 0.2) is 0 Å². The molecule has 0 bridgehead atoms. The number of esters is 1. The van der Waals surface area contributed by atoms with Crippen molar-refractivity contribution in [1.29, 1.82) is 0 Å². The van der Waals surface area contributed by atoms with Crippen LogP contribution in [-0.4, -0.2) is 115 Å². The molecule has 1 unspecified atom stereocenters. The van der Waals surface area contributed by atoms with Gasteiger partial charge in [0, 0.05) is 77.2 Å². The van der Waals surface area contributed by atoms with Crippen LogP contribution in [-0.2, 0) is 31.3 Å². The molecule has 1 amide bonds. The highest BCUT2D eigenvalue weighted by Crippen LogP contribution is 2.28. The number of cyclic esters (lactones) is 1. The third-order valence-electron chi connectivity index (χ3n) is 9.54. The molecule has 4 heterocycles. The number of halogens is 1. The number of rotatable bonds is 6. The fraction of sp³-hybridized carbons (Fsp3) is 0.571. The number of aliphatic hydroxyl groups is 1. The smallest absolute Gasteiger partial charge is 0.410 e. The maximum atomic E-state index is 15.0. The summed E-state index contributed by atoms with van der Waals surface area (Å²) in [4.78, 5) is 29.7. The van der Waals surface area contributed by atoms with Gasteiger partial charge in [-0.1, -0.05) is 26.0 Å². The molecule has 1 aromatic heterocycles. The van der Waals surface area contributed by atoms with Gasteiger partial charge in [0.05, 0.1) is 18.7 Å². The van der Waals surface area contributed by atoms with Gasteiger partial charge in [-0.25, -0.2) is 17.6 Å². The van der Waals surface area contributed by atoms with Crippen molar-refractivity contribution < 1.29 is 37.0 Å². The Labute approximate surface area is 293 Å². The first kappa shape index (κ1) is 37.5. The molecule has 2 aromatic rings. The fourth-order valence-electron chi connectivity index (χ4n) is 6.56. The number of benzene rings is 1. The minimum atomic E-state index is -3.69. The lowest BCUT2D eigenvalue weighted by Gasteiger charge is -2.35. The maximum absolute atomic E-state index is 15.0. The lowest BCUT2D eigenvalue weighted by Crippen LogP contribution is -2.48. The van der Waals surface area contributed by atoms with Gasteiger partial charge >= 0.3 is 12.1 Å². The highest BCUT2D eigenvalue weighted by Gasteiger charge is 2.31. The summed E-state index contributed by atoms with van der Waals surface area (Å²) >= 11 is 0. The Kier molecular flexibility index (Phi) is 12.4. The Bertz CT molecular complexity index is 1670. The van der Waals surface area contributed by atoms with Crippen LogP contribution in [0.4, 0.5) is 14.9 Å². The molecule has 0 radical (unpaired) electrons. The molecular formula is C35H49FN6O7S. The first-order chi connectivity index (χ1) is 23.8. The summed E-state index contributed by atoms with van der Waals surface area (Å²) in [6.07, 6.45) is 6.43. The van der Waals surface area contributed by atoms with Gasteiger partial charge in [-0.15, -0.1) is 0 Å². The van der Waals surface area contributed by atoms with Crippen LogP contribution >= 0.6 is 0 Å². The number of piperazine rings is 2. The second-order valence-corrected chi connectivity index (χ2v) is 15.5. The van der Waals surface area contributed by atoms with Crippen molar-refractivity contribution in [2.45, 2.75) is 63.2 Å². The predicted octanol–water partition coefficient (Wildman–Crippen LogP) is 3.17. The van der Waals surface area contributed by atoms with Crippen molar-refractivity contribution in [3.8, 4) is 0 Å². The van der Waals surface area contributed by atoms with Gasteiger partial charge in [0.1, 0.15) is 22.9 Å². The van der Waals surface area contributed by atoms with E-state index in [0.717, 1.165) is 0 Å². The summed E-state index contributed by atoms with van der Waals surface area (Å²) in [7, 11) is -2.03. The number of nitrogens with one attached hydrogen (secondary N) is 1. The van der Waals surface area contributed by atoms with E-state index < -0.39 is 40.1 Å². The summed E-state index contributed by atoms with van der Waals surface area (Å²) < 4.78 is 55.9. The van der Waals surface area contributed by atoms with Gasteiger partial charge in [0.2, 0.25) is 10.0 Å². The summed E-state index contributed by atoms with van der Waals surface area (Å²) in [5.41, 5.74) is 1.82. The van der Waals surface area contributed by atoms with Crippen LogP contribution in [0.25, 0.3) is 6.08 Å². The van der Waals surface area contributed by atoms with Crippen molar-refractivity contribution in [2.24, 2.45) is 18.9 Å². The Morgan fingerprint density at radius 2 is 1.80 bits per heavy atom. The van der Waals surface area contributed by atoms with Crippen molar-refractivity contribution in [2.75, 3.05) is 57.3 Å². The van der Waals surface area contributed by atoms with Crippen LogP contribution in [0.5, 0.6) is 0 Å². The Morgan fingerprint density at radius 1 is 1.08 bits per heavy atom. The van der Waals surface area contributed by atoms with E-state index in [4.69, 9.17) is 9.47 Å².